The lowest BCUT2D eigenvalue weighted by atomic mass is 10.1. The molecule has 1 heterocycles. The Kier molecular flexibility index (Phi) is 12.6. The maximum absolute atomic E-state index is 11.0. The summed E-state index contributed by atoms with van der Waals surface area (Å²) in [5.41, 5.74) is 0.486. The maximum atomic E-state index is 11.0. The van der Waals surface area contributed by atoms with Crippen molar-refractivity contribution in [1.29, 1.82) is 0 Å². The zero-order chi connectivity index (χ0) is 17.5. The number of esters is 3. The van der Waals surface area contributed by atoms with E-state index in [1.807, 2.05) is 0 Å². The van der Waals surface area contributed by atoms with Crippen LogP contribution in [-0.2, 0) is 23.9 Å². The van der Waals surface area contributed by atoms with Gasteiger partial charge in [-0.2, -0.15) is 0 Å². The van der Waals surface area contributed by atoms with Gasteiger partial charge in [0.25, 0.3) is 0 Å². The van der Waals surface area contributed by atoms with Crippen LogP contribution in [0, 0.1) is 0 Å². The van der Waals surface area contributed by atoms with Crippen LogP contribution in [0.3, 0.4) is 0 Å². The van der Waals surface area contributed by atoms with Crippen molar-refractivity contribution in [1.82, 2.24) is 0 Å². The predicted octanol–water partition coefficient (Wildman–Crippen LogP) is 3.87. The van der Waals surface area contributed by atoms with E-state index in [-0.39, 0.29) is 5.97 Å². The Bertz CT molecular complexity index is 407. The number of unbranched alkanes of at least 4 members (excludes halogenated alkanes) is 7. The van der Waals surface area contributed by atoms with Gasteiger partial charge in [0.05, 0.1) is 6.61 Å². The van der Waals surface area contributed by atoms with Crippen molar-refractivity contribution < 1.29 is 23.9 Å². The molecule has 0 unspecified atom stereocenters. The standard InChI is InChI=1S/C14H26O2.C4H2O3/c1-4-5-6-7-8-9-10-11-12-16-14(15)13(2)3;5-3-1-2-4(6)7-3/h2,4-12H2,1,3H3;1-2H. The first kappa shape index (κ1) is 21.1. The number of rotatable bonds is 10. The van der Waals surface area contributed by atoms with Crippen LogP contribution in [0.1, 0.15) is 65.2 Å². The minimum atomic E-state index is -0.579. The quantitative estimate of drug-likeness (QED) is 0.264. The lowest BCUT2D eigenvalue weighted by Crippen LogP contribution is -2.05. The molecule has 5 heteroatoms. The van der Waals surface area contributed by atoms with Crippen LogP contribution in [0.4, 0.5) is 0 Å². The summed E-state index contributed by atoms with van der Waals surface area (Å²) >= 11 is 0. The number of hydrogen-bond donors (Lipinski definition) is 0. The fraction of sp³-hybridized carbons (Fsp3) is 0.611. The average Bonchev–Trinajstić information content (AvgIpc) is 2.89. The van der Waals surface area contributed by atoms with Crippen molar-refractivity contribution >= 4 is 17.9 Å². The van der Waals surface area contributed by atoms with Crippen molar-refractivity contribution in [2.45, 2.75) is 65.2 Å². The highest BCUT2D eigenvalue weighted by Gasteiger charge is 2.10. The molecule has 0 radical (unpaired) electrons. The van der Waals surface area contributed by atoms with E-state index in [1.54, 1.807) is 6.92 Å². The molecule has 0 bridgehead atoms. The molecule has 0 aromatic rings. The van der Waals surface area contributed by atoms with Crippen molar-refractivity contribution in [3.05, 3.63) is 24.3 Å². The number of hydrogen-bond acceptors (Lipinski definition) is 5. The van der Waals surface area contributed by atoms with Crippen molar-refractivity contribution in [2.75, 3.05) is 6.61 Å². The monoisotopic (exact) mass is 324 g/mol. The minimum absolute atomic E-state index is 0.261. The lowest BCUT2D eigenvalue weighted by Gasteiger charge is -2.04. The van der Waals surface area contributed by atoms with Crippen LogP contribution in [0.25, 0.3) is 0 Å². The molecule has 1 rings (SSSR count). The molecule has 1 aliphatic heterocycles. The zero-order valence-corrected chi connectivity index (χ0v) is 14.3. The van der Waals surface area contributed by atoms with Crippen molar-refractivity contribution in [2.24, 2.45) is 0 Å². The Hall–Kier alpha value is -1.91. The topological polar surface area (TPSA) is 69.7 Å². The predicted molar refractivity (Wildman–Crippen MR) is 88.6 cm³/mol. The second kappa shape index (κ2) is 13.7. The van der Waals surface area contributed by atoms with E-state index in [4.69, 9.17) is 4.74 Å². The summed E-state index contributed by atoms with van der Waals surface area (Å²) in [7, 11) is 0. The highest BCUT2D eigenvalue weighted by atomic mass is 16.6. The molecule has 0 aromatic heterocycles. The Morgan fingerprint density at radius 3 is 1.87 bits per heavy atom. The fourth-order valence-corrected chi connectivity index (χ4v) is 1.83. The largest absolute Gasteiger partial charge is 0.462 e. The SMILES string of the molecule is C=C(C)C(=O)OCCCCCCCCCC.O=C1C=CC(=O)O1. The van der Waals surface area contributed by atoms with Crippen molar-refractivity contribution in [3.63, 3.8) is 0 Å². The van der Waals surface area contributed by atoms with E-state index in [1.165, 1.54) is 38.5 Å². The molecular weight excluding hydrogens is 296 g/mol. The fourth-order valence-electron chi connectivity index (χ4n) is 1.83. The van der Waals surface area contributed by atoms with Gasteiger partial charge in [-0.3, -0.25) is 0 Å². The highest BCUT2D eigenvalue weighted by molar-refractivity contribution is 6.04. The molecule has 0 aliphatic carbocycles. The van der Waals surface area contributed by atoms with Crippen LogP contribution in [0.5, 0.6) is 0 Å². The highest BCUT2D eigenvalue weighted by Crippen LogP contribution is 2.08. The van der Waals surface area contributed by atoms with Gasteiger partial charge in [-0.05, 0) is 13.3 Å². The summed E-state index contributed by atoms with van der Waals surface area (Å²) < 4.78 is 8.98. The van der Waals surface area contributed by atoms with Gasteiger partial charge in [-0.1, -0.05) is 58.4 Å². The molecule has 5 nitrogen and oxygen atoms in total. The second-order valence-corrected chi connectivity index (χ2v) is 5.46. The minimum Gasteiger partial charge on any atom is -0.462 e. The second-order valence-electron chi connectivity index (χ2n) is 5.46. The van der Waals surface area contributed by atoms with E-state index in [2.05, 4.69) is 18.2 Å². The number of ether oxygens (including phenoxy) is 2. The summed E-state index contributed by atoms with van der Waals surface area (Å²) in [5, 5.41) is 0. The molecule has 0 N–H and O–H groups in total. The van der Waals surface area contributed by atoms with Crippen LogP contribution in [0.15, 0.2) is 24.3 Å². The lowest BCUT2D eigenvalue weighted by molar-refractivity contribution is -0.150. The van der Waals surface area contributed by atoms with E-state index < -0.39 is 11.9 Å². The molecule has 0 fully saturated rings. The summed E-state index contributed by atoms with van der Waals surface area (Å²) in [6, 6.07) is 0. The smallest absolute Gasteiger partial charge is 0.338 e. The van der Waals surface area contributed by atoms with E-state index in [0.29, 0.717) is 12.2 Å². The normalized spacial score (nSPS) is 12.4. The number of carbonyl (C=O) groups is 3. The third-order valence-corrected chi connectivity index (χ3v) is 3.14. The molecule has 130 valence electrons. The Morgan fingerprint density at radius 2 is 1.48 bits per heavy atom. The number of cyclic esters (lactones) is 2. The van der Waals surface area contributed by atoms with Crippen LogP contribution >= 0.6 is 0 Å². The molecule has 23 heavy (non-hydrogen) atoms. The molecule has 0 atom stereocenters. The average molecular weight is 324 g/mol. The van der Waals surface area contributed by atoms with Gasteiger partial charge in [0, 0.05) is 17.7 Å². The first-order valence-electron chi connectivity index (χ1n) is 8.23. The summed E-state index contributed by atoms with van der Waals surface area (Å²) in [6.45, 7) is 7.99. The zero-order valence-electron chi connectivity index (χ0n) is 14.3. The van der Waals surface area contributed by atoms with E-state index in [9.17, 15) is 14.4 Å². The van der Waals surface area contributed by atoms with Gasteiger partial charge in [-0.25, -0.2) is 14.4 Å². The molecule has 0 amide bonds. The molecule has 0 saturated heterocycles. The molecular formula is C18H28O5. The van der Waals surface area contributed by atoms with E-state index >= 15 is 0 Å². The number of carbonyl (C=O) groups excluding carboxylic acids is 3. The van der Waals surface area contributed by atoms with Crippen LogP contribution < -0.4 is 0 Å². The van der Waals surface area contributed by atoms with Crippen molar-refractivity contribution in [3.8, 4) is 0 Å². The Balaban J connectivity index is 0.000000568. The van der Waals surface area contributed by atoms with Gasteiger partial charge >= 0.3 is 17.9 Å². The molecule has 0 saturated carbocycles. The molecule has 1 aliphatic rings. The van der Waals surface area contributed by atoms with Crippen LogP contribution in [0.2, 0.25) is 0 Å². The van der Waals surface area contributed by atoms with Gasteiger partial charge in [0.1, 0.15) is 0 Å². The van der Waals surface area contributed by atoms with Crippen LogP contribution in [-0.4, -0.2) is 24.5 Å². The van der Waals surface area contributed by atoms with Gasteiger partial charge in [-0.15, -0.1) is 0 Å². The molecule has 0 spiro atoms. The third kappa shape index (κ3) is 13.5. The third-order valence-electron chi connectivity index (χ3n) is 3.14. The van der Waals surface area contributed by atoms with Gasteiger partial charge < -0.3 is 9.47 Å². The summed E-state index contributed by atoms with van der Waals surface area (Å²) in [6.07, 6.45) is 12.3. The van der Waals surface area contributed by atoms with E-state index in [0.717, 1.165) is 25.0 Å². The first-order chi connectivity index (χ1) is 11.0. The maximum Gasteiger partial charge on any atom is 0.338 e. The summed E-state index contributed by atoms with van der Waals surface area (Å²) in [4.78, 5) is 30.9. The first-order valence-corrected chi connectivity index (χ1v) is 8.23. The Morgan fingerprint density at radius 1 is 1.00 bits per heavy atom. The Labute approximate surface area is 138 Å². The summed E-state index contributed by atoms with van der Waals surface area (Å²) in [5.74, 6) is -1.42. The van der Waals surface area contributed by atoms with Gasteiger partial charge in [0.15, 0.2) is 0 Å². The molecule has 0 aromatic carbocycles. The van der Waals surface area contributed by atoms with Gasteiger partial charge in [0.2, 0.25) is 0 Å².